The molecule has 0 aliphatic rings. The molecule has 0 radical (unpaired) electrons. The van der Waals surface area contributed by atoms with Gasteiger partial charge in [-0.25, -0.2) is 4.79 Å². The number of esters is 1. The molecular formula is C22H29N3O3. The van der Waals surface area contributed by atoms with Gasteiger partial charge in [0.25, 0.3) is 5.91 Å². The Morgan fingerprint density at radius 1 is 1.04 bits per heavy atom. The number of carbonyl (C=O) groups is 2. The summed E-state index contributed by atoms with van der Waals surface area (Å²) in [5.41, 5.74) is 8.68. The van der Waals surface area contributed by atoms with Crippen LogP contribution >= 0.6 is 0 Å². The van der Waals surface area contributed by atoms with Crippen molar-refractivity contribution in [3.05, 3.63) is 59.2 Å². The Morgan fingerprint density at radius 2 is 1.75 bits per heavy atom. The van der Waals surface area contributed by atoms with Crippen LogP contribution in [0.5, 0.6) is 0 Å². The minimum atomic E-state index is -0.482. The van der Waals surface area contributed by atoms with Gasteiger partial charge in [-0.15, -0.1) is 0 Å². The standard InChI is InChI=1S/C22H29N3O3/c1-4-11-25(12-5-2)15-16-7-6-8-17(13-16)21(26)24-20-14-18(22(27)28-3)9-10-19(20)23/h6-10,13-14H,4-5,11-12,15,23H2,1-3H3,(H,24,26). The lowest BCUT2D eigenvalue weighted by Gasteiger charge is -2.21. The lowest BCUT2D eigenvalue weighted by molar-refractivity contribution is 0.0600. The molecule has 6 heteroatoms. The second kappa shape index (κ2) is 10.5. The number of carbonyl (C=O) groups excluding carboxylic acids is 2. The Balaban J connectivity index is 2.16. The van der Waals surface area contributed by atoms with Crippen LogP contribution in [-0.4, -0.2) is 37.0 Å². The molecule has 150 valence electrons. The summed E-state index contributed by atoms with van der Waals surface area (Å²) in [6, 6.07) is 12.2. The molecule has 0 saturated heterocycles. The molecule has 2 aromatic carbocycles. The van der Waals surface area contributed by atoms with Crippen LogP contribution in [-0.2, 0) is 11.3 Å². The van der Waals surface area contributed by atoms with Gasteiger partial charge in [0.2, 0.25) is 0 Å². The van der Waals surface area contributed by atoms with Crippen LogP contribution in [0.25, 0.3) is 0 Å². The van der Waals surface area contributed by atoms with Crippen molar-refractivity contribution in [1.29, 1.82) is 0 Å². The molecule has 2 aromatic rings. The molecule has 28 heavy (non-hydrogen) atoms. The normalized spacial score (nSPS) is 10.7. The number of hydrogen-bond donors (Lipinski definition) is 2. The van der Waals surface area contributed by atoms with E-state index in [0.29, 0.717) is 22.5 Å². The van der Waals surface area contributed by atoms with E-state index >= 15 is 0 Å². The summed E-state index contributed by atoms with van der Waals surface area (Å²) in [5.74, 6) is -0.752. The van der Waals surface area contributed by atoms with Gasteiger partial charge in [-0.1, -0.05) is 26.0 Å². The molecule has 0 aliphatic heterocycles. The maximum atomic E-state index is 12.7. The van der Waals surface area contributed by atoms with E-state index in [4.69, 9.17) is 10.5 Å². The van der Waals surface area contributed by atoms with Crippen LogP contribution in [0.1, 0.15) is 53.0 Å². The summed E-state index contributed by atoms with van der Waals surface area (Å²) in [7, 11) is 1.31. The molecule has 0 spiro atoms. The molecule has 0 saturated carbocycles. The highest BCUT2D eigenvalue weighted by molar-refractivity contribution is 6.06. The first kappa shape index (κ1) is 21.4. The van der Waals surface area contributed by atoms with E-state index in [0.717, 1.165) is 38.0 Å². The van der Waals surface area contributed by atoms with Gasteiger partial charge in [0, 0.05) is 12.1 Å². The minimum Gasteiger partial charge on any atom is -0.465 e. The average Bonchev–Trinajstić information content (AvgIpc) is 2.69. The van der Waals surface area contributed by atoms with Crippen molar-refractivity contribution in [1.82, 2.24) is 4.90 Å². The monoisotopic (exact) mass is 383 g/mol. The zero-order valence-electron chi connectivity index (χ0n) is 16.8. The van der Waals surface area contributed by atoms with Gasteiger partial charge < -0.3 is 15.8 Å². The SMILES string of the molecule is CCCN(CCC)Cc1cccc(C(=O)Nc2cc(C(=O)OC)ccc2N)c1. The quantitative estimate of drug-likeness (QED) is 0.506. The molecule has 3 N–H and O–H groups in total. The number of nitrogens with one attached hydrogen (secondary N) is 1. The molecule has 0 aliphatic carbocycles. The highest BCUT2D eigenvalue weighted by atomic mass is 16.5. The first-order valence-electron chi connectivity index (χ1n) is 9.59. The number of methoxy groups -OCH3 is 1. The topological polar surface area (TPSA) is 84.7 Å². The number of anilines is 2. The van der Waals surface area contributed by atoms with E-state index in [1.165, 1.54) is 13.2 Å². The number of nitrogen functional groups attached to an aromatic ring is 1. The maximum Gasteiger partial charge on any atom is 0.337 e. The number of amides is 1. The number of nitrogens with two attached hydrogens (primary N) is 1. The number of benzene rings is 2. The molecule has 2 rings (SSSR count). The third-order valence-electron chi connectivity index (χ3n) is 4.40. The first-order valence-corrected chi connectivity index (χ1v) is 9.59. The van der Waals surface area contributed by atoms with Crippen molar-refractivity contribution >= 4 is 23.3 Å². The lowest BCUT2D eigenvalue weighted by Crippen LogP contribution is -2.25. The summed E-state index contributed by atoms with van der Waals surface area (Å²) in [5, 5.41) is 2.79. The van der Waals surface area contributed by atoms with E-state index in [2.05, 4.69) is 24.1 Å². The predicted octanol–water partition coefficient (Wildman–Crippen LogP) is 3.93. The molecule has 0 bridgehead atoms. The molecule has 0 fully saturated rings. The van der Waals surface area contributed by atoms with Crippen LogP contribution < -0.4 is 11.1 Å². The molecule has 0 aromatic heterocycles. The van der Waals surface area contributed by atoms with Crippen molar-refractivity contribution in [3.8, 4) is 0 Å². The minimum absolute atomic E-state index is 0.270. The first-order chi connectivity index (χ1) is 13.5. The van der Waals surface area contributed by atoms with Gasteiger partial charge in [0.1, 0.15) is 0 Å². The number of ether oxygens (including phenoxy) is 1. The van der Waals surface area contributed by atoms with E-state index in [1.54, 1.807) is 18.2 Å². The summed E-state index contributed by atoms with van der Waals surface area (Å²) in [6.07, 6.45) is 2.19. The Bertz CT molecular complexity index is 814. The van der Waals surface area contributed by atoms with Crippen molar-refractivity contribution in [3.63, 3.8) is 0 Å². The Kier molecular flexibility index (Phi) is 8.02. The summed E-state index contributed by atoms with van der Waals surface area (Å²) in [4.78, 5) is 26.8. The summed E-state index contributed by atoms with van der Waals surface area (Å²) < 4.78 is 4.72. The van der Waals surface area contributed by atoms with Crippen molar-refractivity contribution in [2.24, 2.45) is 0 Å². The van der Waals surface area contributed by atoms with Crippen LogP contribution in [0.4, 0.5) is 11.4 Å². The Hall–Kier alpha value is -2.86. The fourth-order valence-electron chi connectivity index (χ4n) is 3.08. The highest BCUT2D eigenvalue weighted by Gasteiger charge is 2.13. The molecule has 6 nitrogen and oxygen atoms in total. The van der Waals surface area contributed by atoms with Crippen molar-refractivity contribution in [2.45, 2.75) is 33.2 Å². The largest absolute Gasteiger partial charge is 0.465 e. The number of nitrogens with zero attached hydrogens (tertiary/aromatic N) is 1. The zero-order chi connectivity index (χ0) is 20.5. The van der Waals surface area contributed by atoms with Gasteiger partial charge in [0.15, 0.2) is 0 Å². The van der Waals surface area contributed by atoms with Crippen LogP contribution in [0.2, 0.25) is 0 Å². The van der Waals surface area contributed by atoms with Gasteiger partial charge in [-0.3, -0.25) is 9.69 Å². The fraction of sp³-hybridized carbons (Fsp3) is 0.364. The van der Waals surface area contributed by atoms with E-state index in [1.807, 2.05) is 18.2 Å². The third kappa shape index (κ3) is 5.82. The average molecular weight is 383 g/mol. The Morgan fingerprint density at radius 3 is 2.39 bits per heavy atom. The third-order valence-corrected chi connectivity index (χ3v) is 4.40. The van der Waals surface area contributed by atoms with Crippen LogP contribution in [0, 0.1) is 0 Å². The van der Waals surface area contributed by atoms with Gasteiger partial charge in [-0.2, -0.15) is 0 Å². The molecule has 0 atom stereocenters. The number of rotatable bonds is 9. The molecule has 0 heterocycles. The fourth-order valence-corrected chi connectivity index (χ4v) is 3.08. The van der Waals surface area contributed by atoms with E-state index in [-0.39, 0.29) is 5.91 Å². The Labute approximate surface area is 166 Å². The van der Waals surface area contributed by atoms with Crippen molar-refractivity contribution < 1.29 is 14.3 Å². The maximum absolute atomic E-state index is 12.7. The van der Waals surface area contributed by atoms with Crippen LogP contribution in [0.3, 0.4) is 0 Å². The van der Waals surface area contributed by atoms with E-state index < -0.39 is 5.97 Å². The second-order valence-corrected chi connectivity index (χ2v) is 6.72. The van der Waals surface area contributed by atoms with Crippen molar-refractivity contribution in [2.75, 3.05) is 31.2 Å². The van der Waals surface area contributed by atoms with E-state index in [9.17, 15) is 9.59 Å². The van der Waals surface area contributed by atoms with Crippen LogP contribution in [0.15, 0.2) is 42.5 Å². The molecule has 0 unspecified atom stereocenters. The summed E-state index contributed by atoms with van der Waals surface area (Å²) in [6.45, 7) is 7.20. The van der Waals surface area contributed by atoms with Gasteiger partial charge in [0.05, 0.1) is 24.0 Å². The predicted molar refractivity (Wildman–Crippen MR) is 112 cm³/mol. The van der Waals surface area contributed by atoms with Gasteiger partial charge >= 0.3 is 5.97 Å². The zero-order valence-corrected chi connectivity index (χ0v) is 16.8. The molecule has 1 amide bonds. The lowest BCUT2D eigenvalue weighted by atomic mass is 10.1. The summed E-state index contributed by atoms with van der Waals surface area (Å²) >= 11 is 0. The number of hydrogen-bond acceptors (Lipinski definition) is 5. The smallest absolute Gasteiger partial charge is 0.337 e. The van der Waals surface area contributed by atoms with Gasteiger partial charge in [-0.05, 0) is 61.8 Å². The molecular weight excluding hydrogens is 354 g/mol. The second-order valence-electron chi connectivity index (χ2n) is 6.72. The highest BCUT2D eigenvalue weighted by Crippen LogP contribution is 2.22.